The highest BCUT2D eigenvalue weighted by Crippen LogP contribution is 2.29. The van der Waals surface area contributed by atoms with Gasteiger partial charge in [0.15, 0.2) is 5.84 Å². The highest BCUT2D eigenvalue weighted by atomic mass is 32.2. The van der Waals surface area contributed by atoms with Crippen molar-refractivity contribution in [2.45, 2.75) is 27.3 Å². The fourth-order valence-electron chi connectivity index (χ4n) is 4.08. The van der Waals surface area contributed by atoms with E-state index in [2.05, 4.69) is 26.8 Å². The molecule has 0 fully saturated rings. The number of carbonyl (C=O) groups excluding carboxylic acids is 1. The monoisotopic (exact) mass is 483 g/mol. The normalized spacial score (nSPS) is 16.4. The minimum absolute atomic E-state index is 0.0194. The molecule has 35 heavy (non-hydrogen) atoms. The van der Waals surface area contributed by atoms with Crippen LogP contribution in [0, 0.1) is 26.2 Å². The van der Waals surface area contributed by atoms with Crippen LogP contribution in [0.15, 0.2) is 76.3 Å². The van der Waals surface area contributed by atoms with Crippen LogP contribution in [0.3, 0.4) is 0 Å². The van der Waals surface area contributed by atoms with E-state index in [1.165, 1.54) is 22.3 Å². The Labute approximate surface area is 208 Å². The van der Waals surface area contributed by atoms with E-state index in [0.717, 1.165) is 34.8 Å². The third-order valence-corrected chi connectivity index (χ3v) is 6.83. The molecule has 2 aliphatic rings. The van der Waals surface area contributed by atoms with Crippen LogP contribution in [-0.4, -0.2) is 38.1 Å². The number of carbonyl (C=O) groups is 1. The first-order valence-electron chi connectivity index (χ1n) is 11.3. The summed E-state index contributed by atoms with van der Waals surface area (Å²) in [6, 6.07) is 20.1. The summed E-state index contributed by atoms with van der Waals surface area (Å²) in [6.45, 7) is 7.06. The predicted molar refractivity (Wildman–Crippen MR) is 141 cm³/mol. The van der Waals surface area contributed by atoms with Crippen LogP contribution in [0.25, 0.3) is 6.08 Å². The van der Waals surface area contributed by atoms with Crippen molar-refractivity contribution < 1.29 is 9.53 Å². The Morgan fingerprint density at radius 2 is 1.86 bits per heavy atom. The molecule has 0 radical (unpaired) electrons. The molecule has 0 saturated heterocycles. The molecule has 7 nitrogen and oxygen atoms in total. The van der Waals surface area contributed by atoms with Crippen molar-refractivity contribution in [1.29, 1.82) is 5.41 Å². The van der Waals surface area contributed by atoms with Gasteiger partial charge in [-0.15, -0.1) is 0 Å². The van der Waals surface area contributed by atoms with Crippen LogP contribution in [0.4, 0.5) is 0 Å². The molecule has 0 unspecified atom stereocenters. The van der Waals surface area contributed by atoms with Gasteiger partial charge in [-0.25, -0.2) is 0 Å². The Kier molecular flexibility index (Phi) is 6.13. The first kappa shape index (κ1) is 22.9. The Morgan fingerprint density at radius 1 is 1.06 bits per heavy atom. The standard InChI is InChI=1S/C27H25N5O2S/c1-17-8-7-11-22(12-17)34-16-24-30-32-25(28)23(26(33)29-27(32)35-24)14-21-13-18(2)31(19(21)3)15-20-9-5-4-6-10-20/h4-14,28H,15-16H2,1-3H3/b23-14+,28-25?. The van der Waals surface area contributed by atoms with E-state index in [0.29, 0.717) is 10.2 Å². The molecule has 1 N–H and O–H groups in total. The molecular weight excluding hydrogens is 458 g/mol. The Hall–Kier alpha value is -3.91. The summed E-state index contributed by atoms with van der Waals surface area (Å²) >= 11 is 1.25. The highest BCUT2D eigenvalue weighted by Gasteiger charge is 2.36. The number of benzene rings is 2. The summed E-state index contributed by atoms with van der Waals surface area (Å²) < 4.78 is 8.04. The number of aliphatic imine (C=N–C) groups is 1. The second kappa shape index (κ2) is 9.38. The van der Waals surface area contributed by atoms with E-state index in [-0.39, 0.29) is 18.0 Å². The lowest BCUT2D eigenvalue weighted by Gasteiger charge is -2.20. The van der Waals surface area contributed by atoms with E-state index in [4.69, 9.17) is 10.1 Å². The number of aromatic nitrogens is 1. The molecule has 1 aromatic heterocycles. The molecular formula is C27H25N5O2S. The zero-order valence-corrected chi connectivity index (χ0v) is 20.6. The van der Waals surface area contributed by atoms with E-state index in [9.17, 15) is 4.79 Å². The number of nitrogens with one attached hydrogen (secondary N) is 1. The molecule has 0 spiro atoms. The molecule has 0 saturated carbocycles. The fourth-order valence-corrected chi connectivity index (χ4v) is 4.88. The second-order valence-corrected chi connectivity index (χ2v) is 9.56. The number of fused-ring (bicyclic) bond motifs is 1. The average Bonchev–Trinajstić information content (AvgIpc) is 3.37. The van der Waals surface area contributed by atoms with Gasteiger partial charge >= 0.3 is 0 Å². The number of amidine groups is 2. The van der Waals surface area contributed by atoms with Gasteiger partial charge in [-0.3, -0.25) is 10.2 Å². The van der Waals surface area contributed by atoms with Gasteiger partial charge < -0.3 is 9.30 Å². The molecule has 0 bridgehead atoms. The second-order valence-electron chi connectivity index (χ2n) is 8.52. The molecule has 2 aliphatic heterocycles. The summed E-state index contributed by atoms with van der Waals surface area (Å²) in [7, 11) is 0. The molecule has 176 valence electrons. The van der Waals surface area contributed by atoms with E-state index in [1.54, 1.807) is 6.08 Å². The van der Waals surface area contributed by atoms with Gasteiger partial charge in [0.05, 0.1) is 5.57 Å². The van der Waals surface area contributed by atoms with Crippen LogP contribution in [-0.2, 0) is 11.3 Å². The van der Waals surface area contributed by atoms with Gasteiger partial charge in [0.2, 0.25) is 5.17 Å². The molecule has 5 rings (SSSR count). The summed E-state index contributed by atoms with van der Waals surface area (Å²) in [5.74, 6) is 0.335. The molecule has 3 aromatic rings. The highest BCUT2D eigenvalue weighted by molar-refractivity contribution is 8.27. The zero-order chi connectivity index (χ0) is 24.5. The smallest absolute Gasteiger partial charge is 0.283 e. The van der Waals surface area contributed by atoms with Crippen molar-refractivity contribution in [3.8, 4) is 5.75 Å². The number of hydrogen-bond acceptors (Lipinski definition) is 5. The van der Waals surface area contributed by atoms with Gasteiger partial charge in [-0.2, -0.15) is 15.1 Å². The summed E-state index contributed by atoms with van der Waals surface area (Å²) in [4.78, 5) is 17.0. The molecule has 0 atom stereocenters. The molecule has 1 amide bonds. The fraction of sp³-hybridized carbons (Fsp3) is 0.185. The average molecular weight is 484 g/mol. The van der Waals surface area contributed by atoms with Crippen LogP contribution in [0.1, 0.15) is 28.1 Å². The molecule has 2 aromatic carbocycles. The van der Waals surface area contributed by atoms with Crippen molar-refractivity contribution in [2.75, 3.05) is 6.61 Å². The van der Waals surface area contributed by atoms with Crippen molar-refractivity contribution >= 4 is 39.8 Å². The number of hydrogen-bond donors (Lipinski definition) is 1. The number of ether oxygens (including phenoxy) is 1. The minimum Gasteiger partial charge on any atom is -0.487 e. The first-order chi connectivity index (χ1) is 16.9. The summed E-state index contributed by atoms with van der Waals surface area (Å²) in [6.07, 6.45) is 1.75. The van der Waals surface area contributed by atoms with E-state index >= 15 is 0 Å². The minimum atomic E-state index is -0.433. The molecule has 3 heterocycles. The van der Waals surface area contributed by atoms with Gasteiger partial charge in [0.25, 0.3) is 5.91 Å². The Morgan fingerprint density at radius 3 is 2.63 bits per heavy atom. The molecule has 0 aliphatic carbocycles. The lowest BCUT2D eigenvalue weighted by Crippen LogP contribution is -2.35. The van der Waals surface area contributed by atoms with Crippen LogP contribution in [0.2, 0.25) is 0 Å². The quantitative estimate of drug-likeness (QED) is 0.491. The van der Waals surface area contributed by atoms with Gasteiger partial charge in [-0.1, -0.05) is 42.5 Å². The predicted octanol–water partition coefficient (Wildman–Crippen LogP) is 5.16. The summed E-state index contributed by atoms with van der Waals surface area (Å²) in [5, 5.41) is 15.6. The Bertz CT molecular complexity index is 1420. The van der Waals surface area contributed by atoms with Crippen LogP contribution >= 0.6 is 11.8 Å². The maximum atomic E-state index is 12.8. The van der Waals surface area contributed by atoms with Crippen molar-refractivity contribution in [3.05, 3.63) is 94.3 Å². The van der Waals surface area contributed by atoms with Crippen LogP contribution < -0.4 is 4.74 Å². The number of thioether (sulfide) groups is 1. The largest absolute Gasteiger partial charge is 0.487 e. The lowest BCUT2D eigenvalue weighted by atomic mass is 10.1. The van der Waals surface area contributed by atoms with Crippen molar-refractivity contribution in [1.82, 2.24) is 9.58 Å². The molecule has 8 heteroatoms. The van der Waals surface area contributed by atoms with Crippen molar-refractivity contribution in [2.24, 2.45) is 10.1 Å². The van der Waals surface area contributed by atoms with Crippen molar-refractivity contribution in [3.63, 3.8) is 0 Å². The van der Waals surface area contributed by atoms with E-state index < -0.39 is 5.91 Å². The first-order valence-corrected chi connectivity index (χ1v) is 12.1. The van der Waals surface area contributed by atoms with Gasteiger partial charge in [-0.05, 0) is 73.5 Å². The lowest BCUT2D eigenvalue weighted by molar-refractivity contribution is -0.114. The van der Waals surface area contributed by atoms with E-state index in [1.807, 2.05) is 69.3 Å². The maximum absolute atomic E-state index is 12.8. The maximum Gasteiger partial charge on any atom is 0.283 e. The number of nitrogens with zero attached hydrogens (tertiary/aromatic N) is 4. The summed E-state index contributed by atoms with van der Waals surface area (Å²) in [5.41, 5.74) is 5.54. The Balaban J connectivity index is 1.36. The number of hydrazone groups is 1. The third kappa shape index (κ3) is 4.70. The third-order valence-electron chi connectivity index (χ3n) is 5.94. The number of rotatable bonds is 6. The zero-order valence-electron chi connectivity index (χ0n) is 19.8. The topological polar surface area (TPSA) is 83.0 Å². The van der Waals surface area contributed by atoms with Gasteiger partial charge in [0.1, 0.15) is 17.4 Å². The number of amides is 1. The van der Waals surface area contributed by atoms with Gasteiger partial charge in [0, 0.05) is 17.9 Å². The number of aryl methyl sites for hydroxylation is 2. The SMILES string of the molecule is Cc1cccc(OCC2=NN3C(=N)/C(=C\c4cc(C)n(Cc5ccccc5)c4C)C(=O)N=C3S2)c1. The van der Waals surface area contributed by atoms with Crippen LogP contribution in [0.5, 0.6) is 5.75 Å².